The van der Waals surface area contributed by atoms with Gasteiger partial charge in [-0.1, -0.05) is 29.3 Å². The van der Waals surface area contributed by atoms with E-state index in [1.807, 2.05) is 12.1 Å². The molecule has 0 unspecified atom stereocenters. The molecule has 2 aromatic rings. The van der Waals surface area contributed by atoms with E-state index in [-0.39, 0.29) is 11.7 Å². The first kappa shape index (κ1) is 14.5. The van der Waals surface area contributed by atoms with Crippen LogP contribution in [-0.2, 0) is 11.2 Å². The van der Waals surface area contributed by atoms with Crippen molar-refractivity contribution < 1.29 is 9.21 Å². The summed E-state index contributed by atoms with van der Waals surface area (Å²) in [6.45, 7) is 1.64. The molecule has 1 saturated heterocycles. The minimum atomic E-state index is 0.0642. The average Bonchev–Trinajstić information content (AvgIpc) is 3.12. The summed E-state index contributed by atoms with van der Waals surface area (Å²) in [6, 6.07) is 7.28. The molecule has 3 nitrogen and oxygen atoms in total. The zero-order chi connectivity index (χ0) is 14.8. The summed E-state index contributed by atoms with van der Waals surface area (Å²) in [6.07, 6.45) is 4.65. The SMILES string of the molecule is O=C(Cc1ccc(Cl)c(Cl)c1)[C@H]1CCN(c2ccoc2)C1. The van der Waals surface area contributed by atoms with E-state index in [2.05, 4.69) is 4.90 Å². The van der Waals surface area contributed by atoms with Crippen LogP contribution < -0.4 is 4.90 Å². The van der Waals surface area contributed by atoms with Crippen LogP contribution in [0.4, 0.5) is 5.69 Å². The lowest BCUT2D eigenvalue weighted by Gasteiger charge is -2.15. The Kier molecular flexibility index (Phi) is 4.22. The summed E-state index contributed by atoms with van der Waals surface area (Å²) < 4.78 is 5.09. The van der Waals surface area contributed by atoms with Crippen LogP contribution in [0.1, 0.15) is 12.0 Å². The Bertz CT molecular complexity index is 640. The van der Waals surface area contributed by atoms with Crippen LogP contribution in [0.5, 0.6) is 0 Å². The van der Waals surface area contributed by atoms with Crippen LogP contribution in [-0.4, -0.2) is 18.9 Å². The number of ketones is 1. The highest BCUT2D eigenvalue weighted by molar-refractivity contribution is 6.42. The van der Waals surface area contributed by atoms with Crippen molar-refractivity contribution in [1.82, 2.24) is 0 Å². The highest BCUT2D eigenvalue weighted by atomic mass is 35.5. The summed E-state index contributed by atoms with van der Waals surface area (Å²) in [5.74, 6) is 0.314. The van der Waals surface area contributed by atoms with E-state index in [1.165, 1.54) is 0 Å². The van der Waals surface area contributed by atoms with Gasteiger partial charge in [0, 0.05) is 25.4 Å². The zero-order valence-electron chi connectivity index (χ0n) is 11.4. The third-order valence-corrected chi connectivity index (χ3v) is 4.62. The van der Waals surface area contributed by atoms with Crippen LogP contribution in [0.2, 0.25) is 10.0 Å². The van der Waals surface area contributed by atoms with E-state index in [9.17, 15) is 4.79 Å². The van der Waals surface area contributed by atoms with Gasteiger partial charge in [-0.15, -0.1) is 0 Å². The number of anilines is 1. The maximum absolute atomic E-state index is 12.4. The van der Waals surface area contributed by atoms with Crippen LogP contribution in [0, 0.1) is 5.92 Å². The number of carbonyl (C=O) groups is 1. The molecule has 0 amide bonds. The van der Waals surface area contributed by atoms with Gasteiger partial charge in [0.2, 0.25) is 0 Å². The molecule has 1 aliphatic rings. The third kappa shape index (κ3) is 3.25. The van der Waals surface area contributed by atoms with Crippen molar-refractivity contribution in [1.29, 1.82) is 0 Å². The molecule has 1 atom stereocenters. The number of halogens is 2. The van der Waals surface area contributed by atoms with Crippen molar-refractivity contribution >= 4 is 34.7 Å². The van der Waals surface area contributed by atoms with Gasteiger partial charge >= 0.3 is 0 Å². The molecule has 3 rings (SSSR count). The van der Waals surface area contributed by atoms with Crippen LogP contribution in [0.15, 0.2) is 41.2 Å². The van der Waals surface area contributed by atoms with Crippen molar-refractivity contribution in [3.05, 3.63) is 52.4 Å². The molecule has 0 N–H and O–H groups in total. The molecule has 1 aromatic carbocycles. The minimum Gasteiger partial charge on any atom is -0.470 e. The Morgan fingerprint density at radius 3 is 2.86 bits per heavy atom. The van der Waals surface area contributed by atoms with Crippen LogP contribution in [0.25, 0.3) is 0 Å². The van der Waals surface area contributed by atoms with E-state index in [0.29, 0.717) is 16.5 Å². The van der Waals surface area contributed by atoms with E-state index in [4.69, 9.17) is 27.6 Å². The van der Waals surface area contributed by atoms with Gasteiger partial charge in [0.05, 0.1) is 22.0 Å². The number of rotatable bonds is 4. The summed E-state index contributed by atoms with van der Waals surface area (Å²) >= 11 is 11.9. The average molecular weight is 324 g/mol. The maximum atomic E-state index is 12.4. The number of carbonyl (C=O) groups excluding carboxylic acids is 1. The second-order valence-corrected chi connectivity index (χ2v) is 6.12. The fraction of sp³-hybridized carbons (Fsp3) is 0.312. The molecular formula is C16H15Cl2NO2. The number of hydrogen-bond donors (Lipinski definition) is 0. The standard InChI is InChI=1S/C16H15Cl2NO2/c17-14-2-1-11(7-15(14)18)8-16(20)12-3-5-19(9-12)13-4-6-21-10-13/h1-2,4,6-7,10,12H,3,5,8-9H2/t12-/m0/s1. The Morgan fingerprint density at radius 2 is 2.14 bits per heavy atom. The lowest BCUT2D eigenvalue weighted by molar-refractivity contribution is -0.121. The lowest BCUT2D eigenvalue weighted by Crippen LogP contribution is -2.23. The zero-order valence-corrected chi connectivity index (χ0v) is 12.9. The number of furan rings is 1. The Balaban J connectivity index is 1.62. The summed E-state index contributed by atoms with van der Waals surface area (Å²) in [5, 5.41) is 1.01. The van der Waals surface area contributed by atoms with E-state index in [0.717, 1.165) is 30.8 Å². The molecule has 21 heavy (non-hydrogen) atoms. The summed E-state index contributed by atoms with van der Waals surface area (Å²) in [4.78, 5) is 14.6. The predicted molar refractivity (Wildman–Crippen MR) is 84.2 cm³/mol. The first-order chi connectivity index (χ1) is 10.1. The molecule has 0 radical (unpaired) electrons. The normalized spacial score (nSPS) is 18.2. The minimum absolute atomic E-state index is 0.0642. The lowest BCUT2D eigenvalue weighted by atomic mass is 9.97. The van der Waals surface area contributed by atoms with Crippen LogP contribution >= 0.6 is 23.2 Å². The van der Waals surface area contributed by atoms with E-state index >= 15 is 0 Å². The molecule has 110 valence electrons. The largest absolute Gasteiger partial charge is 0.470 e. The predicted octanol–water partition coefficient (Wildman–Crippen LogP) is 4.22. The van der Waals surface area contributed by atoms with Gasteiger partial charge < -0.3 is 9.32 Å². The summed E-state index contributed by atoms with van der Waals surface area (Å²) in [5.41, 5.74) is 1.95. The summed E-state index contributed by atoms with van der Waals surface area (Å²) in [7, 11) is 0. The topological polar surface area (TPSA) is 33.5 Å². The van der Waals surface area contributed by atoms with Gasteiger partial charge in [-0.3, -0.25) is 4.79 Å². The first-order valence-electron chi connectivity index (χ1n) is 6.87. The van der Waals surface area contributed by atoms with Crippen molar-refractivity contribution in [2.24, 2.45) is 5.92 Å². The van der Waals surface area contributed by atoms with E-state index in [1.54, 1.807) is 24.7 Å². The highest BCUT2D eigenvalue weighted by Gasteiger charge is 2.28. The number of nitrogens with zero attached hydrogens (tertiary/aromatic N) is 1. The fourth-order valence-electron chi connectivity index (χ4n) is 2.69. The maximum Gasteiger partial charge on any atom is 0.142 e. The molecular weight excluding hydrogens is 309 g/mol. The van der Waals surface area contributed by atoms with Crippen molar-refractivity contribution in [2.75, 3.05) is 18.0 Å². The molecule has 0 saturated carbocycles. The van der Waals surface area contributed by atoms with E-state index < -0.39 is 0 Å². The van der Waals surface area contributed by atoms with Crippen molar-refractivity contribution in [3.63, 3.8) is 0 Å². The highest BCUT2D eigenvalue weighted by Crippen LogP contribution is 2.27. The molecule has 0 aliphatic carbocycles. The number of benzene rings is 1. The molecule has 2 heterocycles. The second-order valence-electron chi connectivity index (χ2n) is 5.30. The van der Waals surface area contributed by atoms with Gasteiger partial charge in [-0.05, 0) is 30.2 Å². The quantitative estimate of drug-likeness (QED) is 0.844. The molecule has 0 spiro atoms. The van der Waals surface area contributed by atoms with Gasteiger partial charge in [-0.25, -0.2) is 0 Å². The molecule has 5 heteroatoms. The van der Waals surface area contributed by atoms with Gasteiger partial charge in [0.25, 0.3) is 0 Å². The van der Waals surface area contributed by atoms with Gasteiger partial charge in [0.15, 0.2) is 0 Å². The first-order valence-corrected chi connectivity index (χ1v) is 7.63. The monoisotopic (exact) mass is 323 g/mol. The van der Waals surface area contributed by atoms with Crippen LogP contribution in [0.3, 0.4) is 0 Å². The Hall–Kier alpha value is -1.45. The smallest absolute Gasteiger partial charge is 0.142 e. The van der Waals surface area contributed by atoms with Gasteiger partial charge in [-0.2, -0.15) is 0 Å². The van der Waals surface area contributed by atoms with Gasteiger partial charge in [0.1, 0.15) is 12.0 Å². The molecule has 1 aliphatic heterocycles. The molecule has 0 bridgehead atoms. The number of hydrogen-bond acceptors (Lipinski definition) is 3. The molecule has 1 fully saturated rings. The third-order valence-electron chi connectivity index (χ3n) is 3.88. The number of Topliss-reactive ketones (excluding diaryl/α,β-unsaturated/α-hetero) is 1. The Labute approximate surface area is 133 Å². The van der Waals surface area contributed by atoms with Crippen molar-refractivity contribution in [2.45, 2.75) is 12.8 Å². The second kappa shape index (κ2) is 6.12. The molecule has 1 aromatic heterocycles. The fourth-order valence-corrected chi connectivity index (χ4v) is 3.01. The van der Waals surface area contributed by atoms with Crippen molar-refractivity contribution in [3.8, 4) is 0 Å². The Morgan fingerprint density at radius 1 is 1.29 bits per heavy atom.